The molecule has 1 heterocycles. The normalized spacial score (nSPS) is 19.4. The molecule has 0 aliphatic heterocycles. The van der Waals surface area contributed by atoms with Crippen molar-refractivity contribution in [2.75, 3.05) is 5.73 Å². The molecule has 1 aliphatic carbocycles. The van der Waals surface area contributed by atoms with Gasteiger partial charge in [-0.15, -0.1) is 0 Å². The predicted octanol–water partition coefficient (Wildman–Crippen LogP) is 1.96. The molecule has 1 aliphatic rings. The van der Waals surface area contributed by atoms with Crippen LogP contribution in [-0.2, 0) is 0 Å². The van der Waals surface area contributed by atoms with E-state index < -0.39 is 5.91 Å². The molecule has 0 aromatic carbocycles. The van der Waals surface area contributed by atoms with Gasteiger partial charge in [-0.1, -0.05) is 24.3 Å². The van der Waals surface area contributed by atoms with Crippen molar-refractivity contribution in [3.05, 3.63) is 47.3 Å². The molecule has 4 N–H and O–H groups in total. The average Bonchev–Trinajstić information content (AvgIpc) is 2.30. The molecule has 0 unspecified atom stereocenters. The number of carbonyl (C=O) groups is 1. The Morgan fingerprint density at radius 2 is 2.05 bits per heavy atom. The molecular formula is C13H12ClN5O. The molecule has 20 heavy (non-hydrogen) atoms. The highest BCUT2D eigenvalue weighted by Crippen LogP contribution is 2.23. The van der Waals surface area contributed by atoms with Crippen LogP contribution in [0, 0.1) is 0 Å². The van der Waals surface area contributed by atoms with Crippen molar-refractivity contribution >= 4 is 34.9 Å². The summed E-state index contributed by atoms with van der Waals surface area (Å²) < 4.78 is 0. The number of primary amides is 1. The molecule has 0 fully saturated rings. The zero-order valence-corrected chi connectivity index (χ0v) is 11.2. The van der Waals surface area contributed by atoms with E-state index >= 15 is 0 Å². The van der Waals surface area contributed by atoms with E-state index in [0.717, 1.165) is 6.42 Å². The lowest BCUT2D eigenvalue weighted by molar-refractivity contribution is 0.100. The summed E-state index contributed by atoms with van der Waals surface area (Å²) in [5.74, 6) is -0.781. The van der Waals surface area contributed by atoms with Crippen molar-refractivity contribution in [2.24, 2.45) is 10.7 Å². The SMILES string of the molecule is NC(=O)c1c(N)nc(Cl)nc1N=C1C=C/C=C\C/C=C\1. The molecule has 7 heteroatoms. The smallest absolute Gasteiger partial charge is 0.256 e. The number of hydrogen-bond acceptors (Lipinski definition) is 5. The molecule has 0 saturated heterocycles. The zero-order valence-electron chi connectivity index (χ0n) is 10.5. The van der Waals surface area contributed by atoms with Crippen molar-refractivity contribution in [2.45, 2.75) is 6.42 Å². The summed E-state index contributed by atoms with van der Waals surface area (Å²) in [6, 6.07) is 0. The number of carbonyl (C=O) groups excluding carboxylic acids is 1. The van der Waals surface area contributed by atoms with E-state index in [1.54, 1.807) is 12.2 Å². The fourth-order valence-corrected chi connectivity index (χ4v) is 1.76. The Balaban J connectivity index is 2.54. The van der Waals surface area contributed by atoms with E-state index in [1.807, 2.05) is 24.3 Å². The maximum absolute atomic E-state index is 11.4. The van der Waals surface area contributed by atoms with Gasteiger partial charge in [0.25, 0.3) is 5.91 Å². The van der Waals surface area contributed by atoms with Crippen LogP contribution in [-0.4, -0.2) is 21.6 Å². The summed E-state index contributed by atoms with van der Waals surface area (Å²) in [5.41, 5.74) is 11.5. The van der Waals surface area contributed by atoms with Crippen molar-refractivity contribution < 1.29 is 4.79 Å². The number of halogens is 1. The fourth-order valence-electron chi connectivity index (χ4n) is 1.59. The summed E-state index contributed by atoms with van der Waals surface area (Å²) in [6.45, 7) is 0. The number of nitrogens with zero attached hydrogens (tertiary/aromatic N) is 3. The van der Waals surface area contributed by atoms with Crippen LogP contribution in [0.25, 0.3) is 0 Å². The first kappa shape index (κ1) is 14.0. The molecule has 102 valence electrons. The van der Waals surface area contributed by atoms with Gasteiger partial charge in [0.05, 0.1) is 5.71 Å². The lowest BCUT2D eigenvalue weighted by Crippen LogP contribution is -2.16. The Morgan fingerprint density at radius 3 is 2.80 bits per heavy atom. The van der Waals surface area contributed by atoms with Gasteiger partial charge in [-0.05, 0) is 30.2 Å². The van der Waals surface area contributed by atoms with Crippen molar-refractivity contribution in [3.8, 4) is 0 Å². The Hall–Kier alpha value is -2.47. The number of hydrogen-bond donors (Lipinski definition) is 2. The maximum Gasteiger partial charge on any atom is 0.256 e. The number of nitrogen functional groups attached to an aromatic ring is 1. The van der Waals surface area contributed by atoms with Crippen LogP contribution in [0.5, 0.6) is 0 Å². The summed E-state index contributed by atoms with van der Waals surface area (Å²) in [6.07, 6.45) is 12.0. The second-order valence-corrected chi connectivity index (χ2v) is 4.24. The van der Waals surface area contributed by atoms with Gasteiger partial charge in [0.2, 0.25) is 5.28 Å². The van der Waals surface area contributed by atoms with E-state index in [2.05, 4.69) is 15.0 Å². The second-order valence-electron chi connectivity index (χ2n) is 3.90. The Morgan fingerprint density at radius 1 is 1.25 bits per heavy atom. The molecule has 2 rings (SSSR count). The van der Waals surface area contributed by atoms with Gasteiger partial charge in [0.15, 0.2) is 5.82 Å². The quantitative estimate of drug-likeness (QED) is 0.811. The molecule has 1 amide bonds. The highest BCUT2D eigenvalue weighted by atomic mass is 35.5. The van der Waals surface area contributed by atoms with Crippen LogP contribution in [0.2, 0.25) is 5.28 Å². The predicted molar refractivity (Wildman–Crippen MR) is 79.1 cm³/mol. The van der Waals surface area contributed by atoms with Crippen LogP contribution >= 0.6 is 11.6 Å². The third kappa shape index (κ3) is 3.30. The molecule has 0 spiro atoms. The molecule has 0 radical (unpaired) electrons. The molecule has 1 aromatic heterocycles. The van der Waals surface area contributed by atoms with Crippen LogP contribution < -0.4 is 11.5 Å². The first-order chi connectivity index (χ1) is 9.58. The highest BCUT2D eigenvalue weighted by Gasteiger charge is 2.16. The average molecular weight is 290 g/mol. The van der Waals surface area contributed by atoms with E-state index in [4.69, 9.17) is 23.1 Å². The summed E-state index contributed by atoms with van der Waals surface area (Å²) in [7, 11) is 0. The fraction of sp³-hybridized carbons (Fsp3) is 0.0769. The third-order valence-corrected chi connectivity index (χ3v) is 2.62. The highest BCUT2D eigenvalue weighted by molar-refractivity contribution is 6.28. The monoisotopic (exact) mass is 289 g/mol. The number of aromatic nitrogens is 2. The maximum atomic E-state index is 11.4. The number of aliphatic imine (C=N–C) groups is 1. The van der Waals surface area contributed by atoms with Crippen LogP contribution in [0.15, 0.2) is 41.4 Å². The van der Waals surface area contributed by atoms with Crippen molar-refractivity contribution in [3.63, 3.8) is 0 Å². The third-order valence-electron chi connectivity index (χ3n) is 2.45. The second kappa shape index (κ2) is 6.12. The first-order valence-electron chi connectivity index (χ1n) is 5.79. The van der Waals surface area contributed by atoms with Gasteiger partial charge in [-0.3, -0.25) is 4.79 Å². The number of nitrogens with two attached hydrogens (primary N) is 2. The number of rotatable bonds is 2. The molecule has 1 aromatic rings. The Kier molecular flexibility index (Phi) is 4.27. The minimum absolute atomic E-state index is 0.0405. The zero-order chi connectivity index (χ0) is 14.5. The minimum atomic E-state index is -0.753. The van der Waals surface area contributed by atoms with Crippen LogP contribution in [0.1, 0.15) is 16.8 Å². The first-order valence-corrected chi connectivity index (χ1v) is 6.17. The van der Waals surface area contributed by atoms with Crippen LogP contribution in [0.4, 0.5) is 11.6 Å². The van der Waals surface area contributed by atoms with Gasteiger partial charge in [0.1, 0.15) is 11.4 Å². The van der Waals surface area contributed by atoms with E-state index in [9.17, 15) is 4.79 Å². The van der Waals surface area contributed by atoms with Crippen molar-refractivity contribution in [1.29, 1.82) is 0 Å². The largest absolute Gasteiger partial charge is 0.383 e. The number of anilines is 1. The Labute approximate surface area is 120 Å². The number of allylic oxidation sites excluding steroid dienone is 6. The van der Waals surface area contributed by atoms with E-state index in [1.165, 1.54) is 0 Å². The molecular weight excluding hydrogens is 278 g/mol. The Bertz CT molecular complexity index is 661. The summed E-state index contributed by atoms with van der Waals surface area (Å²) in [5, 5.41) is -0.0921. The van der Waals surface area contributed by atoms with Gasteiger partial charge in [-0.2, -0.15) is 4.98 Å². The standard InChI is InChI=1S/C13H12ClN5O/c14-13-18-10(15)9(11(16)20)12(19-13)17-8-6-4-2-1-3-5-7-8/h1-2,4-7H,3H2,(H2,16,20)(H2,15,18,19)/b2-1-,6-4?,7-5-,17-8?. The van der Waals surface area contributed by atoms with Gasteiger partial charge < -0.3 is 11.5 Å². The summed E-state index contributed by atoms with van der Waals surface area (Å²) in [4.78, 5) is 23.3. The molecule has 6 nitrogen and oxygen atoms in total. The topological polar surface area (TPSA) is 107 Å². The molecule has 0 atom stereocenters. The lowest BCUT2D eigenvalue weighted by atomic mass is 10.2. The van der Waals surface area contributed by atoms with Gasteiger partial charge in [0, 0.05) is 0 Å². The van der Waals surface area contributed by atoms with Gasteiger partial charge in [-0.25, -0.2) is 9.98 Å². The minimum Gasteiger partial charge on any atom is -0.383 e. The van der Waals surface area contributed by atoms with E-state index in [0.29, 0.717) is 5.71 Å². The summed E-state index contributed by atoms with van der Waals surface area (Å²) >= 11 is 5.73. The van der Waals surface area contributed by atoms with Gasteiger partial charge >= 0.3 is 0 Å². The van der Waals surface area contributed by atoms with E-state index in [-0.39, 0.29) is 22.5 Å². The molecule has 0 bridgehead atoms. The van der Waals surface area contributed by atoms with Crippen LogP contribution in [0.3, 0.4) is 0 Å². The molecule has 0 saturated carbocycles. The number of amides is 1. The lowest BCUT2D eigenvalue weighted by Gasteiger charge is -2.05. The van der Waals surface area contributed by atoms with Crippen molar-refractivity contribution in [1.82, 2.24) is 9.97 Å².